The smallest absolute Gasteiger partial charge is 0.0117 e. The second-order valence-electron chi connectivity index (χ2n) is 5.23. The van der Waals surface area contributed by atoms with Crippen molar-refractivity contribution < 1.29 is 0 Å². The molecule has 0 bridgehead atoms. The molecule has 3 atom stereocenters. The topological polar surface area (TPSA) is 15.3 Å². The predicted molar refractivity (Wildman–Crippen MR) is 75.2 cm³/mol. The Kier molecular flexibility index (Phi) is 6.78. The van der Waals surface area contributed by atoms with Gasteiger partial charge in [-0.3, -0.25) is 0 Å². The van der Waals surface area contributed by atoms with Gasteiger partial charge in [0.15, 0.2) is 0 Å². The second-order valence-corrected chi connectivity index (χ2v) is 6.15. The first kappa shape index (κ1) is 14.3. The van der Waals surface area contributed by atoms with Crippen LogP contribution in [0.5, 0.6) is 0 Å². The highest BCUT2D eigenvalue weighted by Crippen LogP contribution is 2.16. The van der Waals surface area contributed by atoms with Crippen molar-refractivity contribution in [3.8, 4) is 0 Å². The van der Waals surface area contributed by atoms with E-state index >= 15 is 0 Å². The lowest BCUT2D eigenvalue weighted by atomic mass is 9.93. The van der Waals surface area contributed by atoms with E-state index in [9.17, 15) is 0 Å². The number of thioether (sulfide) groups is 1. The molecule has 1 heterocycles. The fourth-order valence-electron chi connectivity index (χ4n) is 2.52. The number of hydrogen-bond acceptors (Lipinski definition) is 3. The molecule has 16 heavy (non-hydrogen) atoms. The zero-order valence-corrected chi connectivity index (χ0v) is 12.1. The summed E-state index contributed by atoms with van der Waals surface area (Å²) in [4.78, 5) is 2.56. The van der Waals surface area contributed by atoms with E-state index in [4.69, 9.17) is 0 Å². The molecule has 1 aliphatic rings. The van der Waals surface area contributed by atoms with Crippen molar-refractivity contribution in [1.82, 2.24) is 10.2 Å². The van der Waals surface area contributed by atoms with Crippen LogP contribution in [0, 0.1) is 11.8 Å². The number of nitrogens with one attached hydrogen (secondary N) is 1. The predicted octanol–water partition coefficient (Wildman–Crippen LogP) is 2.31. The van der Waals surface area contributed by atoms with Gasteiger partial charge in [-0.05, 0) is 49.9 Å². The molecule has 0 aromatic rings. The van der Waals surface area contributed by atoms with Gasteiger partial charge in [0.2, 0.25) is 0 Å². The minimum atomic E-state index is 0.743. The lowest BCUT2D eigenvalue weighted by molar-refractivity contribution is 0.152. The van der Waals surface area contributed by atoms with E-state index in [0.717, 1.165) is 17.9 Å². The maximum atomic E-state index is 3.76. The van der Waals surface area contributed by atoms with Crippen LogP contribution in [0.25, 0.3) is 0 Å². The SMILES string of the molecule is CCN1CCC(NCC(C)CSC)C(C)C1. The van der Waals surface area contributed by atoms with Gasteiger partial charge in [-0.2, -0.15) is 11.8 Å². The van der Waals surface area contributed by atoms with Crippen LogP contribution in [0.1, 0.15) is 27.2 Å². The molecule has 0 amide bonds. The Morgan fingerprint density at radius 1 is 1.50 bits per heavy atom. The minimum absolute atomic E-state index is 0.743. The highest BCUT2D eigenvalue weighted by atomic mass is 32.2. The summed E-state index contributed by atoms with van der Waals surface area (Å²) >= 11 is 1.95. The fraction of sp³-hybridized carbons (Fsp3) is 1.00. The Hall–Kier alpha value is 0.270. The summed E-state index contributed by atoms with van der Waals surface area (Å²) in [5, 5.41) is 3.76. The van der Waals surface area contributed by atoms with E-state index in [1.165, 1.54) is 38.4 Å². The van der Waals surface area contributed by atoms with Gasteiger partial charge in [-0.1, -0.05) is 20.8 Å². The van der Waals surface area contributed by atoms with Crippen molar-refractivity contribution in [1.29, 1.82) is 0 Å². The summed E-state index contributed by atoms with van der Waals surface area (Å²) in [5.41, 5.74) is 0. The van der Waals surface area contributed by atoms with Crippen molar-refractivity contribution in [2.24, 2.45) is 11.8 Å². The number of hydrogen-bond donors (Lipinski definition) is 1. The molecule has 1 saturated heterocycles. The van der Waals surface area contributed by atoms with Crippen molar-refractivity contribution in [2.75, 3.05) is 38.2 Å². The Bertz CT molecular complexity index is 187. The van der Waals surface area contributed by atoms with E-state index in [2.05, 4.69) is 37.2 Å². The molecule has 0 aromatic carbocycles. The molecular formula is C13H28N2S. The van der Waals surface area contributed by atoms with Gasteiger partial charge in [0.1, 0.15) is 0 Å². The van der Waals surface area contributed by atoms with E-state index < -0.39 is 0 Å². The molecule has 0 radical (unpaired) electrons. The van der Waals surface area contributed by atoms with Crippen LogP contribution in [-0.2, 0) is 0 Å². The first-order chi connectivity index (χ1) is 7.67. The van der Waals surface area contributed by atoms with Crippen molar-refractivity contribution in [3.63, 3.8) is 0 Å². The summed E-state index contributed by atoms with van der Waals surface area (Å²) in [6.45, 7) is 11.9. The van der Waals surface area contributed by atoms with Crippen molar-refractivity contribution in [2.45, 2.75) is 33.2 Å². The molecule has 2 nitrogen and oxygen atoms in total. The van der Waals surface area contributed by atoms with Crippen LogP contribution in [0.3, 0.4) is 0 Å². The second kappa shape index (κ2) is 7.57. The molecule has 0 aromatic heterocycles. The molecule has 1 N–H and O–H groups in total. The summed E-state index contributed by atoms with van der Waals surface area (Å²) in [6, 6.07) is 0.743. The van der Waals surface area contributed by atoms with Gasteiger partial charge in [0, 0.05) is 12.6 Å². The fourth-order valence-corrected chi connectivity index (χ4v) is 3.21. The van der Waals surface area contributed by atoms with Gasteiger partial charge in [0.05, 0.1) is 0 Å². The molecule has 1 fully saturated rings. The van der Waals surface area contributed by atoms with E-state index in [1.54, 1.807) is 0 Å². The maximum Gasteiger partial charge on any atom is 0.0117 e. The zero-order chi connectivity index (χ0) is 12.0. The largest absolute Gasteiger partial charge is 0.313 e. The third kappa shape index (κ3) is 4.64. The monoisotopic (exact) mass is 244 g/mol. The van der Waals surface area contributed by atoms with E-state index in [1.807, 2.05) is 11.8 Å². The molecular weight excluding hydrogens is 216 g/mol. The van der Waals surface area contributed by atoms with Gasteiger partial charge >= 0.3 is 0 Å². The molecule has 3 unspecified atom stereocenters. The number of rotatable bonds is 6. The highest BCUT2D eigenvalue weighted by molar-refractivity contribution is 7.98. The molecule has 1 rings (SSSR count). The standard InChI is InChI=1S/C13H28N2S/c1-5-15-7-6-13(12(3)9-15)14-8-11(2)10-16-4/h11-14H,5-10H2,1-4H3. The molecule has 0 spiro atoms. The molecule has 3 heteroatoms. The summed E-state index contributed by atoms with van der Waals surface area (Å²) < 4.78 is 0. The molecule has 0 saturated carbocycles. The quantitative estimate of drug-likeness (QED) is 0.772. The van der Waals surface area contributed by atoms with Gasteiger partial charge in [-0.25, -0.2) is 0 Å². The first-order valence-electron chi connectivity index (χ1n) is 6.62. The van der Waals surface area contributed by atoms with Crippen LogP contribution in [0.15, 0.2) is 0 Å². The normalized spacial score (nSPS) is 29.2. The Balaban J connectivity index is 2.22. The Morgan fingerprint density at radius 2 is 2.25 bits per heavy atom. The summed E-state index contributed by atoms with van der Waals surface area (Å²) in [6.07, 6.45) is 3.51. The lowest BCUT2D eigenvalue weighted by Crippen LogP contribution is -2.49. The zero-order valence-electron chi connectivity index (χ0n) is 11.3. The highest BCUT2D eigenvalue weighted by Gasteiger charge is 2.24. The lowest BCUT2D eigenvalue weighted by Gasteiger charge is -2.37. The molecule has 1 aliphatic heterocycles. The van der Waals surface area contributed by atoms with Gasteiger partial charge < -0.3 is 10.2 Å². The summed E-state index contributed by atoms with van der Waals surface area (Å²) in [5.74, 6) is 2.87. The van der Waals surface area contributed by atoms with Crippen LogP contribution >= 0.6 is 11.8 Å². The number of likely N-dealkylation sites (tertiary alicyclic amines) is 1. The molecule has 96 valence electrons. The van der Waals surface area contributed by atoms with Gasteiger partial charge in [0.25, 0.3) is 0 Å². The van der Waals surface area contributed by atoms with Crippen LogP contribution in [-0.4, -0.2) is 49.1 Å². The van der Waals surface area contributed by atoms with Crippen molar-refractivity contribution >= 4 is 11.8 Å². The average molecular weight is 244 g/mol. The third-order valence-corrected chi connectivity index (χ3v) is 4.52. The van der Waals surface area contributed by atoms with E-state index in [-0.39, 0.29) is 0 Å². The first-order valence-corrected chi connectivity index (χ1v) is 8.01. The number of nitrogens with zero attached hydrogens (tertiary/aromatic N) is 1. The summed E-state index contributed by atoms with van der Waals surface area (Å²) in [7, 11) is 0. The van der Waals surface area contributed by atoms with Crippen LogP contribution in [0.4, 0.5) is 0 Å². The van der Waals surface area contributed by atoms with Gasteiger partial charge in [-0.15, -0.1) is 0 Å². The minimum Gasteiger partial charge on any atom is -0.313 e. The van der Waals surface area contributed by atoms with Crippen LogP contribution < -0.4 is 5.32 Å². The number of piperidine rings is 1. The maximum absolute atomic E-state index is 3.76. The van der Waals surface area contributed by atoms with Crippen LogP contribution in [0.2, 0.25) is 0 Å². The molecule has 0 aliphatic carbocycles. The third-order valence-electron chi connectivity index (χ3n) is 3.62. The Labute approximate surface area is 106 Å². The average Bonchev–Trinajstić information content (AvgIpc) is 2.27. The van der Waals surface area contributed by atoms with E-state index in [0.29, 0.717) is 0 Å². The Morgan fingerprint density at radius 3 is 2.81 bits per heavy atom. The van der Waals surface area contributed by atoms with Crippen molar-refractivity contribution in [3.05, 3.63) is 0 Å².